The molecule has 2 aromatic carbocycles. The zero-order valence-electron chi connectivity index (χ0n) is 11.9. The van der Waals surface area contributed by atoms with Gasteiger partial charge in [0.2, 0.25) is 0 Å². The molecule has 21 heavy (non-hydrogen) atoms. The lowest BCUT2D eigenvalue weighted by molar-refractivity contribution is 0.581. The van der Waals surface area contributed by atoms with Crippen LogP contribution in [0.4, 0.5) is 0 Å². The Kier molecular flexibility index (Phi) is 4.51. The highest BCUT2D eigenvalue weighted by Gasteiger charge is 2.14. The fraction of sp³-hybridized carbons (Fsp3) is 0.167. The third kappa shape index (κ3) is 3.24. The summed E-state index contributed by atoms with van der Waals surface area (Å²) in [6, 6.07) is 19.4. The second-order valence-corrected chi connectivity index (χ2v) is 6.33. The van der Waals surface area contributed by atoms with Crippen molar-refractivity contribution in [1.82, 2.24) is 10.3 Å². The van der Waals surface area contributed by atoms with Gasteiger partial charge in [0.1, 0.15) is 0 Å². The Morgan fingerprint density at radius 2 is 1.81 bits per heavy atom. The largest absolute Gasteiger partial charge is 0.311 e. The molecule has 0 aliphatic carbocycles. The number of benzene rings is 2. The van der Waals surface area contributed by atoms with E-state index >= 15 is 0 Å². The molecule has 0 aliphatic heterocycles. The maximum Gasteiger partial charge on any atom is 0.0654 e. The van der Waals surface area contributed by atoms with Crippen molar-refractivity contribution in [2.75, 3.05) is 7.05 Å². The molecule has 0 aliphatic rings. The Morgan fingerprint density at radius 3 is 2.57 bits per heavy atom. The van der Waals surface area contributed by atoms with Gasteiger partial charge in [-0.25, -0.2) is 0 Å². The molecule has 0 saturated heterocycles. The first-order valence-corrected chi connectivity index (χ1v) is 8.11. The molecule has 0 amide bonds. The van der Waals surface area contributed by atoms with E-state index in [9.17, 15) is 0 Å². The van der Waals surface area contributed by atoms with Gasteiger partial charge in [-0.2, -0.15) is 0 Å². The summed E-state index contributed by atoms with van der Waals surface area (Å²) in [6.07, 6.45) is 2.84. The van der Waals surface area contributed by atoms with E-state index in [1.807, 2.05) is 13.2 Å². The lowest BCUT2D eigenvalue weighted by Crippen LogP contribution is -2.20. The van der Waals surface area contributed by atoms with Crippen LogP contribution in [0, 0.1) is 3.57 Å². The minimum atomic E-state index is 0.219. The molecule has 106 valence electrons. The Balaban J connectivity index is 1.96. The number of hydrogen-bond acceptors (Lipinski definition) is 2. The standard InChI is InChI=1S/C18H17IN2/c1-20-17(12-13-6-8-15(19)9-7-13)18-16-5-3-2-4-14(16)10-11-21-18/h2-11,17,20H,12H2,1H3. The summed E-state index contributed by atoms with van der Waals surface area (Å²) in [7, 11) is 2.00. The third-order valence-corrected chi connectivity index (χ3v) is 4.46. The van der Waals surface area contributed by atoms with Crippen molar-refractivity contribution in [2.24, 2.45) is 0 Å². The van der Waals surface area contributed by atoms with Crippen LogP contribution >= 0.6 is 22.6 Å². The van der Waals surface area contributed by atoms with Crippen LogP contribution in [0.2, 0.25) is 0 Å². The van der Waals surface area contributed by atoms with Gasteiger partial charge >= 0.3 is 0 Å². The van der Waals surface area contributed by atoms with Gasteiger partial charge in [-0.15, -0.1) is 0 Å². The van der Waals surface area contributed by atoms with Gasteiger partial charge in [0.25, 0.3) is 0 Å². The van der Waals surface area contributed by atoms with Crippen LogP contribution in [-0.4, -0.2) is 12.0 Å². The Hall–Kier alpha value is -1.46. The number of pyridine rings is 1. The molecule has 1 aromatic heterocycles. The van der Waals surface area contributed by atoms with Gasteiger partial charge < -0.3 is 5.32 Å². The molecule has 0 saturated carbocycles. The molecule has 0 fully saturated rings. The Morgan fingerprint density at radius 1 is 1.05 bits per heavy atom. The maximum absolute atomic E-state index is 4.63. The van der Waals surface area contributed by atoms with E-state index in [1.165, 1.54) is 19.9 Å². The lowest BCUT2D eigenvalue weighted by atomic mass is 9.99. The minimum Gasteiger partial charge on any atom is -0.311 e. The SMILES string of the molecule is CNC(Cc1ccc(I)cc1)c1nccc2ccccc12. The van der Waals surface area contributed by atoms with Gasteiger partial charge in [0.15, 0.2) is 0 Å². The highest BCUT2D eigenvalue weighted by molar-refractivity contribution is 14.1. The molecule has 3 aromatic rings. The zero-order chi connectivity index (χ0) is 14.7. The molecule has 1 N–H and O–H groups in total. The van der Waals surface area contributed by atoms with Crippen molar-refractivity contribution in [3.05, 3.63) is 75.6 Å². The summed E-state index contributed by atoms with van der Waals surface area (Å²) >= 11 is 2.33. The number of nitrogens with one attached hydrogen (secondary N) is 1. The predicted octanol–water partition coefficient (Wildman–Crippen LogP) is 4.34. The van der Waals surface area contributed by atoms with Gasteiger partial charge in [0.05, 0.1) is 11.7 Å². The van der Waals surface area contributed by atoms with Gasteiger partial charge in [-0.1, -0.05) is 36.4 Å². The number of aromatic nitrogens is 1. The van der Waals surface area contributed by atoms with E-state index in [-0.39, 0.29) is 6.04 Å². The number of nitrogens with zero attached hydrogens (tertiary/aromatic N) is 1. The van der Waals surface area contributed by atoms with Crippen LogP contribution in [0.5, 0.6) is 0 Å². The zero-order valence-corrected chi connectivity index (χ0v) is 14.0. The number of likely N-dealkylation sites (N-methyl/N-ethyl adjacent to an activating group) is 1. The molecule has 3 heteroatoms. The highest BCUT2D eigenvalue weighted by atomic mass is 127. The molecule has 3 rings (SSSR count). The second kappa shape index (κ2) is 6.54. The average Bonchev–Trinajstić information content (AvgIpc) is 2.54. The molecule has 1 unspecified atom stereocenters. The van der Waals surface area contributed by atoms with Crippen molar-refractivity contribution >= 4 is 33.4 Å². The van der Waals surface area contributed by atoms with Gasteiger partial charge in [0, 0.05) is 15.2 Å². The summed E-state index contributed by atoms with van der Waals surface area (Å²) in [5.41, 5.74) is 2.44. The van der Waals surface area contributed by atoms with E-state index < -0.39 is 0 Å². The monoisotopic (exact) mass is 388 g/mol. The summed E-state index contributed by atoms with van der Waals surface area (Å²) in [6.45, 7) is 0. The molecular formula is C18H17IN2. The maximum atomic E-state index is 4.63. The number of rotatable bonds is 4. The first kappa shape index (κ1) is 14.5. The van der Waals surface area contributed by atoms with E-state index in [0.717, 1.165) is 12.1 Å². The van der Waals surface area contributed by atoms with E-state index in [1.54, 1.807) is 0 Å². The van der Waals surface area contributed by atoms with Gasteiger partial charge in [-0.3, -0.25) is 4.98 Å². The minimum absolute atomic E-state index is 0.219. The number of halogens is 1. The molecule has 0 spiro atoms. The molecule has 2 nitrogen and oxygen atoms in total. The lowest BCUT2D eigenvalue weighted by Gasteiger charge is -2.18. The Bertz CT molecular complexity index is 732. The van der Waals surface area contributed by atoms with E-state index in [0.29, 0.717) is 0 Å². The van der Waals surface area contributed by atoms with E-state index in [2.05, 4.69) is 87.5 Å². The first-order valence-electron chi connectivity index (χ1n) is 7.03. The smallest absolute Gasteiger partial charge is 0.0654 e. The summed E-state index contributed by atoms with van der Waals surface area (Å²) in [4.78, 5) is 4.63. The van der Waals surface area contributed by atoms with Crippen LogP contribution in [0.15, 0.2) is 60.8 Å². The first-order chi connectivity index (χ1) is 10.3. The topological polar surface area (TPSA) is 24.9 Å². The fourth-order valence-electron chi connectivity index (χ4n) is 2.61. The van der Waals surface area contributed by atoms with Gasteiger partial charge in [-0.05, 0) is 65.2 Å². The van der Waals surface area contributed by atoms with Crippen molar-refractivity contribution in [3.63, 3.8) is 0 Å². The quantitative estimate of drug-likeness (QED) is 0.673. The summed E-state index contributed by atoms with van der Waals surface area (Å²) in [5, 5.41) is 5.88. The average molecular weight is 388 g/mol. The van der Waals surface area contributed by atoms with Crippen LogP contribution in [0.1, 0.15) is 17.3 Å². The molecular weight excluding hydrogens is 371 g/mol. The van der Waals surface area contributed by atoms with E-state index in [4.69, 9.17) is 0 Å². The van der Waals surface area contributed by atoms with Crippen LogP contribution in [-0.2, 0) is 6.42 Å². The fourth-order valence-corrected chi connectivity index (χ4v) is 2.97. The van der Waals surface area contributed by atoms with Crippen LogP contribution < -0.4 is 5.32 Å². The second-order valence-electron chi connectivity index (χ2n) is 5.09. The molecule has 0 radical (unpaired) electrons. The van der Waals surface area contributed by atoms with Crippen LogP contribution in [0.25, 0.3) is 10.8 Å². The predicted molar refractivity (Wildman–Crippen MR) is 96.4 cm³/mol. The molecule has 0 bridgehead atoms. The van der Waals surface area contributed by atoms with Crippen molar-refractivity contribution in [2.45, 2.75) is 12.5 Å². The highest BCUT2D eigenvalue weighted by Crippen LogP contribution is 2.24. The summed E-state index contributed by atoms with van der Waals surface area (Å²) in [5.74, 6) is 0. The van der Waals surface area contributed by atoms with Crippen molar-refractivity contribution < 1.29 is 0 Å². The summed E-state index contributed by atoms with van der Waals surface area (Å²) < 4.78 is 1.26. The number of hydrogen-bond donors (Lipinski definition) is 1. The van der Waals surface area contributed by atoms with Crippen molar-refractivity contribution in [1.29, 1.82) is 0 Å². The molecule has 1 heterocycles. The molecule has 1 atom stereocenters. The normalized spacial score (nSPS) is 12.5. The van der Waals surface area contributed by atoms with Crippen LogP contribution in [0.3, 0.4) is 0 Å². The Labute approximate surface area is 138 Å². The third-order valence-electron chi connectivity index (χ3n) is 3.74. The number of fused-ring (bicyclic) bond motifs is 1. The van der Waals surface area contributed by atoms with Crippen molar-refractivity contribution in [3.8, 4) is 0 Å².